The molecule has 0 bridgehead atoms. The van der Waals surface area contributed by atoms with E-state index in [0.29, 0.717) is 16.9 Å². The van der Waals surface area contributed by atoms with E-state index < -0.39 is 0 Å². The summed E-state index contributed by atoms with van der Waals surface area (Å²) in [5.41, 5.74) is 5.17. The molecule has 34 heavy (non-hydrogen) atoms. The average Bonchev–Trinajstić information content (AvgIpc) is 3.25. The highest BCUT2D eigenvalue weighted by Crippen LogP contribution is 2.49. The molecule has 1 saturated carbocycles. The van der Waals surface area contributed by atoms with Gasteiger partial charge in [-0.3, -0.25) is 14.5 Å². The Morgan fingerprint density at radius 1 is 1.09 bits per heavy atom. The van der Waals surface area contributed by atoms with Crippen LogP contribution >= 0.6 is 0 Å². The number of methoxy groups -OCH3 is 1. The van der Waals surface area contributed by atoms with Crippen molar-refractivity contribution in [3.05, 3.63) is 66.7 Å². The largest absolute Gasteiger partial charge is 0.481 e. The maximum Gasteiger partial charge on any atom is 0.254 e. The van der Waals surface area contributed by atoms with Crippen LogP contribution in [0.5, 0.6) is 5.88 Å². The molecule has 2 aliphatic rings. The summed E-state index contributed by atoms with van der Waals surface area (Å²) in [6, 6.07) is 12.6. The number of pyridine rings is 2. The number of benzene rings is 1. The van der Waals surface area contributed by atoms with E-state index in [0.717, 1.165) is 53.6 Å². The van der Waals surface area contributed by atoms with Crippen LogP contribution in [0.25, 0.3) is 22.0 Å². The van der Waals surface area contributed by atoms with Crippen LogP contribution in [-0.4, -0.2) is 51.9 Å². The highest BCUT2D eigenvalue weighted by molar-refractivity contribution is 5.94. The van der Waals surface area contributed by atoms with Crippen molar-refractivity contribution in [1.82, 2.24) is 25.1 Å². The summed E-state index contributed by atoms with van der Waals surface area (Å²) in [6.45, 7) is 2.00. The molecule has 1 aliphatic carbocycles. The smallest absolute Gasteiger partial charge is 0.254 e. The molecule has 0 radical (unpaired) electrons. The second-order valence-corrected chi connectivity index (χ2v) is 9.53. The molecule has 0 unspecified atom stereocenters. The molecule has 4 heterocycles. The first-order valence-electron chi connectivity index (χ1n) is 11.4. The normalized spacial score (nSPS) is 16.8. The molecule has 1 saturated heterocycles. The molecule has 1 N–H and O–H groups in total. The number of nitrogens with one attached hydrogen (secondary N) is 1. The van der Waals surface area contributed by atoms with E-state index in [9.17, 15) is 4.79 Å². The van der Waals surface area contributed by atoms with Crippen LogP contribution in [0.2, 0.25) is 0 Å². The Hall–Kier alpha value is -3.94. The number of aromatic nitrogens is 4. The molecular formula is C26H26N6O2. The van der Waals surface area contributed by atoms with Crippen molar-refractivity contribution in [3.63, 3.8) is 0 Å². The summed E-state index contributed by atoms with van der Waals surface area (Å²) in [4.78, 5) is 23.7. The molecule has 172 valence electrons. The van der Waals surface area contributed by atoms with Gasteiger partial charge in [0.15, 0.2) is 0 Å². The minimum atomic E-state index is -0.0370. The molecular weight excluding hydrogens is 428 g/mol. The van der Waals surface area contributed by atoms with Crippen molar-refractivity contribution in [2.75, 3.05) is 25.1 Å². The summed E-state index contributed by atoms with van der Waals surface area (Å²) >= 11 is 0. The number of fused-ring (bicyclic) bond motifs is 1. The second-order valence-electron chi connectivity index (χ2n) is 9.53. The van der Waals surface area contributed by atoms with Crippen molar-refractivity contribution in [2.24, 2.45) is 12.5 Å². The van der Waals surface area contributed by atoms with Gasteiger partial charge >= 0.3 is 0 Å². The molecule has 8 nitrogen and oxygen atoms in total. The van der Waals surface area contributed by atoms with Gasteiger partial charge in [-0.15, -0.1) is 0 Å². The van der Waals surface area contributed by atoms with Gasteiger partial charge < -0.3 is 15.0 Å². The van der Waals surface area contributed by atoms with Crippen molar-refractivity contribution in [3.8, 4) is 17.0 Å². The first kappa shape index (κ1) is 20.7. The van der Waals surface area contributed by atoms with E-state index in [1.807, 2.05) is 37.6 Å². The third-order valence-electron chi connectivity index (χ3n) is 7.01. The van der Waals surface area contributed by atoms with E-state index in [1.54, 1.807) is 24.2 Å². The minimum Gasteiger partial charge on any atom is -0.481 e. The van der Waals surface area contributed by atoms with Gasteiger partial charge in [-0.1, -0.05) is 6.07 Å². The van der Waals surface area contributed by atoms with Crippen LogP contribution in [0.1, 0.15) is 23.2 Å². The van der Waals surface area contributed by atoms with Gasteiger partial charge in [-0.25, -0.2) is 4.98 Å². The quantitative estimate of drug-likeness (QED) is 0.497. The number of hydrogen-bond donors (Lipinski definition) is 1. The lowest BCUT2D eigenvalue weighted by Gasteiger charge is -2.59. The number of nitrogens with zero attached hydrogens (tertiary/aromatic N) is 5. The molecule has 8 heteroatoms. The molecule has 0 atom stereocenters. The van der Waals surface area contributed by atoms with Crippen LogP contribution in [-0.2, 0) is 7.05 Å². The van der Waals surface area contributed by atoms with E-state index in [2.05, 4.69) is 43.5 Å². The van der Waals surface area contributed by atoms with Crippen LogP contribution in [0.15, 0.2) is 61.2 Å². The SMILES string of the molecule is COc1ccc2cc(-c3cncc(N4CC5(CC(NC(=O)c6cnn(C)c6)C5)C4)c3)ccc2n1. The number of ether oxygens (including phenoxy) is 1. The molecule has 1 spiro atoms. The third-order valence-corrected chi connectivity index (χ3v) is 7.01. The highest BCUT2D eigenvalue weighted by Gasteiger charge is 2.52. The molecule has 6 rings (SSSR count). The van der Waals surface area contributed by atoms with Gasteiger partial charge in [0.25, 0.3) is 5.91 Å². The van der Waals surface area contributed by atoms with Crippen LogP contribution < -0.4 is 15.0 Å². The minimum absolute atomic E-state index is 0.0370. The fourth-order valence-corrected chi connectivity index (χ4v) is 5.26. The highest BCUT2D eigenvalue weighted by atomic mass is 16.5. The lowest BCUT2D eigenvalue weighted by atomic mass is 9.60. The summed E-state index contributed by atoms with van der Waals surface area (Å²) in [6.07, 6.45) is 9.23. The molecule has 4 aromatic rings. The van der Waals surface area contributed by atoms with E-state index in [1.165, 1.54) is 0 Å². The Balaban J connectivity index is 1.09. The Bertz CT molecular complexity index is 1380. The third kappa shape index (κ3) is 3.65. The van der Waals surface area contributed by atoms with E-state index in [4.69, 9.17) is 4.74 Å². The first-order chi connectivity index (χ1) is 16.5. The predicted molar refractivity (Wildman–Crippen MR) is 130 cm³/mol. The number of carbonyl (C=O) groups excluding carboxylic acids is 1. The lowest BCUT2D eigenvalue weighted by Crippen LogP contribution is -2.66. The van der Waals surface area contributed by atoms with Crippen molar-refractivity contribution < 1.29 is 9.53 Å². The van der Waals surface area contributed by atoms with E-state index in [-0.39, 0.29) is 11.9 Å². The monoisotopic (exact) mass is 454 g/mol. The molecule has 1 aliphatic heterocycles. The van der Waals surface area contributed by atoms with Crippen LogP contribution in [0.3, 0.4) is 0 Å². The Morgan fingerprint density at radius 3 is 2.71 bits per heavy atom. The van der Waals surface area contributed by atoms with Crippen molar-refractivity contribution in [2.45, 2.75) is 18.9 Å². The number of rotatable bonds is 5. The van der Waals surface area contributed by atoms with Gasteiger partial charge in [0, 0.05) is 61.0 Å². The van der Waals surface area contributed by atoms with Gasteiger partial charge in [0.05, 0.1) is 36.3 Å². The van der Waals surface area contributed by atoms with Crippen LogP contribution in [0, 0.1) is 5.41 Å². The zero-order chi connectivity index (χ0) is 23.3. The first-order valence-corrected chi connectivity index (χ1v) is 11.4. The topological polar surface area (TPSA) is 85.2 Å². The molecule has 1 aromatic carbocycles. The molecule has 1 amide bonds. The van der Waals surface area contributed by atoms with Crippen molar-refractivity contribution >= 4 is 22.5 Å². The maximum absolute atomic E-state index is 12.4. The Labute approximate surface area is 197 Å². The second kappa shape index (κ2) is 7.83. The summed E-state index contributed by atoms with van der Waals surface area (Å²) in [5.74, 6) is 0.579. The standard InChI is InChI=1S/C26H26N6O2/c1-31-14-20(12-28-31)25(33)29-21-9-26(10-21)15-32(16-26)22-8-19(11-27-13-22)17-3-5-23-18(7-17)4-6-24(30-23)34-2/h3-8,11-14,21H,9-10,15-16H2,1-2H3,(H,29,33). The fourth-order valence-electron chi connectivity index (χ4n) is 5.26. The maximum atomic E-state index is 12.4. The number of amides is 1. The summed E-state index contributed by atoms with van der Waals surface area (Å²) < 4.78 is 6.87. The van der Waals surface area contributed by atoms with Gasteiger partial charge in [0.1, 0.15) is 0 Å². The molecule has 2 fully saturated rings. The Kier molecular flexibility index (Phi) is 4.76. The number of carbonyl (C=O) groups is 1. The Morgan fingerprint density at radius 2 is 1.94 bits per heavy atom. The van der Waals surface area contributed by atoms with Crippen LogP contribution in [0.4, 0.5) is 5.69 Å². The number of hydrogen-bond acceptors (Lipinski definition) is 6. The number of anilines is 1. The number of aryl methyl sites for hydroxylation is 1. The lowest BCUT2D eigenvalue weighted by molar-refractivity contribution is 0.0442. The van der Waals surface area contributed by atoms with Gasteiger partial charge in [-0.05, 0) is 42.7 Å². The predicted octanol–water partition coefficient (Wildman–Crippen LogP) is 3.44. The average molecular weight is 455 g/mol. The summed E-state index contributed by atoms with van der Waals surface area (Å²) in [5, 5.41) is 8.28. The molecule has 3 aromatic heterocycles. The summed E-state index contributed by atoms with van der Waals surface area (Å²) in [7, 11) is 3.44. The fraction of sp³-hybridized carbons (Fsp3) is 0.308. The zero-order valence-electron chi connectivity index (χ0n) is 19.2. The van der Waals surface area contributed by atoms with E-state index >= 15 is 0 Å². The zero-order valence-corrected chi connectivity index (χ0v) is 19.2. The van der Waals surface area contributed by atoms with Gasteiger partial charge in [0.2, 0.25) is 5.88 Å². The van der Waals surface area contributed by atoms with Crippen molar-refractivity contribution in [1.29, 1.82) is 0 Å². The van der Waals surface area contributed by atoms with Gasteiger partial charge in [-0.2, -0.15) is 5.10 Å².